The van der Waals surface area contributed by atoms with E-state index in [1.165, 1.54) is 0 Å². The van der Waals surface area contributed by atoms with Crippen LogP contribution in [0.4, 0.5) is 0 Å². The largest absolute Gasteiger partial charge is 0.462 e. The van der Waals surface area contributed by atoms with E-state index in [1.807, 2.05) is 13.0 Å². The molecule has 0 unspecified atom stereocenters. The fraction of sp³-hybridized carbons (Fsp3) is 0.636. The van der Waals surface area contributed by atoms with Crippen molar-refractivity contribution < 1.29 is 9.53 Å². The molecule has 0 spiro atoms. The molecule has 0 aromatic heterocycles. The topological polar surface area (TPSA) is 50.1 Å². The highest BCUT2D eigenvalue weighted by Gasteiger charge is 2.07. The minimum Gasteiger partial charge on any atom is -0.462 e. The van der Waals surface area contributed by atoms with Crippen LogP contribution < -0.4 is 0 Å². The third kappa shape index (κ3) is 6.24. The van der Waals surface area contributed by atoms with E-state index in [-0.39, 0.29) is 5.97 Å². The zero-order chi connectivity index (χ0) is 10.8. The molecule has 0 aromatic rings. The third-order valence-electron chi connectivity index (χ3n) is 1.79. The van der Waals surface area contributed by atoms with Crippen LogP contribution in [-0.4, -0.2) is 12.6 Å². The Bertz CT molecular complexity index is 228. The molecule has 78 valence electrons. The van der Waals surface area contributed by atoms with Crippen molar-refractivity contribution in [1.29, 1.82) is 5.26 Å². The number of nitriles is 1. The molecule has 0 aliphatic rings. The van der Waals surface area contributed by atoms with E-state index >= 15 is 0 Å². The molecule has 14 heavy (non-hydrogen) atoms. The molecule has 0 saturated heterocycles. The van der Waals surface area contributed by atoms with Crippen LogP contribution >= 0.6 is 0 Å². The van der Waals surface area contributed by atoms with Gasteiger partial charge in [0.25, 0.3) is 0 Å². The lowest BCUT2D eigenvalue weighted by atomic mass is 10.1. The third-order valence-corrected chi connectivity index (χ3v) is 1.79. The van der Waals surface area contributed by atoms with Crippen LogP contribution in [0.5, 0.6) is 0 Å². The van der Waals surface area contributed by atoms with Gasteiger partial charge in [0, 0.05) is 12.0 Å². The van der Waals surface area contributed by atoms with Gasteiger partial charge < -0.3 is 4.74 Å². The Hall–Kier alpha value is -1.30. The molecule has 0 saturated carbocycles. The lowest BCUT2D eigenvalue weighted by Crippen LogP contribution is -2.08. The van der Waals surface area contributed by atoms with E-state index < -0.39 is 0 Å². The molecule has 0 N–H and O–H groups in total. The Labute approximate surface area is 85.4 Å². The van der Waals surface area contributed by atoms with Crippen molar-refractivity contribution in [2.45, 2.75) is 39.0 Å². The summed E-state index contributed by atoms with van der Waals surface area (Å²) < 4.78 is 4.95. The molecular formula is C11H17NO2. The van der Waals surface area contributed by atoms with E-state index in [4.69, 9.17) is 10.00 Å². The van der Waals surface area contributed by atoms with Gasteiger partial charge in [-0.05, 0) is 19.3 Å². The summed E-state index contributed by atoms with van der Waals surface area (Å²) in [5.41, 5.74) is 0.469. The first-order valence-electron chi connectivity index (χ1n) is 4.94. The van der Waals surface area contributed by atoms with Crippen LogP contribution in [0.2, 0.25) is 0 Å². The smallest absolute Gasteiger partial charge is 0.333 e. The van der Waals surface area contributed by atoms with Gasteiger partial charge >= 0.3 is 5.97 Å². The molecule has 0 radical (unpaired) electrons. The summed E-state index contributed by atoms with van der Waals surface area (Å²) in [4.78, 5) is 11.2. The second-order valence-electron chi connectivity index (χ2n) is 3.10. The van der Waals surface area contributed by atoms with Crippen LogP contribution in [0.3, 0.4) is 0 Å². The summed E-state index contributed by atoms with van der Waals surface area (Å²) in [5, 5.41) is 8.30. The molecule has 0 fully saturated rings. The molecule has 3 heteroatoms. The average molecular weight is 195 g/mol. The second-order valence-corrected chi connectivity index (χ2v) is 3.10. The normalized spacial score (nSPS) is 9.14. The Balaban J connectivity index is 3.56. The van der Waals surface area contributed by atoms with Crippen LogP contribution in [0.25, 0.3) is 0 Å². The van der Waals surface area contributed by atoms with E-state index in [0.29, 0.717) is 31.4 Å². The van der Waals surface area contributed by atoms with E-state index in [1.54, 1.807) is 0 Å². The Morgan fingerprint density at radius 1 is 1.50 bits per heavy atom. The summed E-state index contributed by atoms with van der Waals surface area (Å²) in [7, 11) is 0. The molecular weight excluding hydrogens is 178 g/mol. The maximum absolute atomic E-state index is 11.2. The van der Waals surface area contributed by atoms with Gasteiger partial charge in [0.2, 0.25) is 0 Å². The molecule has 0 aliphatic carbocycles. The number of hydrogen-bond acceptors (Lipinski definition) is 3. The van der Waals surface area contributed by atoms with Crippen molar-refractivity contribution >= 4 is 5.97 Å². The number of unbranched alkanes of at least 4 members (excludes halogenated alkanes) is 2. The predicted molar refractivity (Wildman–Crippen MR) is 54.5 cm³/mol. The number of esters is 1. The highest BCUT2D eigenvalue weighted by atomic mass is 16.5. The Morgan fingerprint density at radius 3 is 2.79 bits per heavy atom. The van der Waals surface area contributed by atoms with Crippen molar-refractivity contribution in [3.63, 3.8) is 0 Å². The number of nitrogens with zero attached hydrogens (tertiary/aromatic N) is 1. The highest BCUT2D eigenvalue weighted by Crippen LogP contribution is 2.07. The quantitative estimate of drug-likeness (QED) is 0.356. The van der Waals surface area contributed by atoms with E-state index in [0.717, 1.165) is 12.8 Å². The molecule has 0 heterocycles. The van der Waals surface area contributed by atoms with Crippen LogP contribution in [-0.2, 0) is 9.53 Å². The fourth-order valence-corrected chi connectivity index (χ4v) is 0.894. The minimum atomic E-state index is -0.323. The number of carbonyl (C=O) groups excluding carboxylic acids is 1. The zero-order valence-corrected chi connectivity index (χ0v) is 8.71. The molecule has 0 atom stereocenters. The molecule has 0 rings (SSSR count). The lowest BCUT2D eigenvalue weighted by molar-refractivity contribution is -0.139. The summed E-state index contributed by atoms with van der Waals surface area (Å²) >= 11 is 0. The van der Waals surface area contributed by atoms with E-state index in [2.05, 4.69) is 6.58 Å². The van der Waals surface area contributed by atoms with Gasteiger partial charge in [-0.1, -0.05) is 19.9 Å². The van der Waals surface area contributed by atoms with Gasteiger partial charge in [0.15, 0.2) is 0 Å². The maximum Gasteiger partial charge on any atom is 0.333 e. The molecule has 3 nitrogen and oxygen atoms in total. The average Bonchev–Trinajstić information content (AvgIpc) is 2.18. The van der Waals surface area contributed by atoms with Gasteiger partial charge in [0.1, 0.15) is 0 Å². The number of hydrogen-bond donors (Lipinski definition) is 0. The highest BCUT2D eigenvalue weighted by molar-refractivity contribution is 5.87. The van der Waals surface area contributed by atoms with Crippen LogP contribution in [0.15, 0.2) is 12.2 Å². The maximum atomic E-state index is 11.2. The minimum absolute atomic E-state index is 0.323. The molecule has 0 amide bonds. The second kappa shape index (κ2) is 8.31. The van der Waals surface area contributed by atoms with Crippen LogP contribution in [0, 0.1) is 11.3 Å². The van der Waals surface area contributed by atoms with Gasteiger partial charge in [-0.3, -0.25) is 0 Å². The fourth-order valence-electron chi connectivity index (χ4n) is 0.894. The lowest BCUT2D eigenvalue weighted by Gasteiger charge is -2.05. The first kappa shape index (κ1) is 12.7. The molecule has 0 aromatic carbocycles. The van der Waals surface area contributed by atoms with Crippen molar-refractivity contribution in [2.75, 3.05) is 6.61 Å². The number of rotatable bonds is 7. The van der Waals surface area contributed by atoms with Crippen molar-refractivity contribution in [3.8, 4) is 6.07 Å². The Kier molecular flexibility index (Phi) is 7.53. The monoisotopic (exact) mass is 195 g/mol. The van der Waals surface area contributed by atoms with Crippen molar-refractivity contribution in [1.82, 2.24) is 0 Å². The van der Waals surface area contributed by atoms with Crippen molar-refractivity contribution in [3.05, 3.63) is 12.2 Å². The summed E-state index contributed by atoms with van der Waals surface area (Å²) in [5.74, 6) is -0.323. The number of carbonyl (C=O) groups is 1. The SMILES string of the molecule is C=C(CCCC#N)C(=O)OCCCC. The predicted octanol–water partition coefficient (Wildman–Crippen LogP) is 2.58. The standard InChI is InChI=1S/C11H17NO2/c1-3-4-9-14-11(13)10(2)7-5-6-8-12/h2-7,9H2,1H3. The first-order chi connectivity index (χ1) is 6.72. The Morgan fingerprint density at radius 2 is 2.21 bits per heavy atom. The first-order valence-corrected chi connectivity index (χ1v) is 4.94. The number of ether oxygens (including phenoxy) is 1. The zero-order valence-electron chi connectivity index (χ0n) is 8.71. The van der Waals surface area contributed by atoms with Gasteiger partial charge in [-0.2, -0.15) is 5.26 Å². The van der Waals surface area contributed by atoms with Crippen LogP contribution in [0.1, 0.15) is 39.0 Å². The van der Waals surface area contributed by atoms with Gasteiger partial charge in [-0.15, -0.1) is 0 Å². The van der Waals surface area contributed by atoms with E-state index in [9.17, 15) is 4.79 Å². The molecule has 0 aliphatic heterocycles. The summed E-state index contributed by atoms with van der Waals surface area (Å²) in [6.45, 7) is 6.12. The molecule has 0 bridgehead atoms. The summed E-state index contributed by atoms with van der Waals surface area (Å²) in [6.07, 6.45) is 3.59. The van der Waals surface area contributed by atoms with Crippen molar-refractivity contribution in [2.24, 2.45) is 0 Å². The van der Waals surface area contributed by atoms with Gasteiger partial charge in [0.05, 0.1) is 12.7 Å². The summed E-state index contributed by atoms with van der Waals surface area (Å²) in [6, 6.07) is 2.02. The van der Waals surface area contributed by atoms with Gasteiger partial charge in [-0.25, -0.2) is 4.79 Å².